The molecule has 0 fully saturated rings. The monoisotopic (exact) mass is 422 g/mol. The van der Waals surface area contributed by atoms with E-state index in [1.54, 1.807) is 12.1 Å². The van der Waals surface area contributed by atoms with Crippen LogP contribution >= 0.6 is 11.6 Å². The first-order chi connectivity index (χ1) is 13.2. The molecule has 1 aromatic heterocycles. The highest BCUT2D eigenvalue weighted by Gasteiger charge is 2.24. The minimum Gasteiger partial charge on any atom is -0.505 e. The summed E-state index contributed by atoms with van der Waals surface area (Å²) in [7, 11) is -4.54. The molecule has 3 N–H and O–H groups in total. The molecule has 0 amide bonds. The molecule has 0 saturated carbocycles. The maximum atomic E-state index is 14.2. The average molecular weight is 423 g/mol. The molecular weight excluding hydrogens is 411 g/mol. The van der Waals surface area contributed by atoms with Crippen LogP contribution in [0.15, 0.2) is 59.8 Å². The van der Waals surface area contributed by atoms with E-state index in [1.807, 2.05) is 4.72 Å². The Morgan fingerprint density at radius 1 is 1.07 bits per heavy atom. The molecular formula is C18H12ClFN2O5S. The van der Waals surface area contributed by atoms with Gasteiger partial charge in [0.05, 0.1) is 16.3 Å². The van der Waals surface area contributed by atoms with E-state index in [0.717, 1.165) is 18.2 Å². The smallest absolute Gasteiger partial charge is 0.335 e. The number of benzene rings is 2. The molecule has 144 valence electrons. The third kappa shape index (κ3) is 3.90. The van der Waals surface area contributed by atoms with Gasteiger partial charge in [-0.05, 0) is 47.5 Å². The Balaban J connectivity index is 2.05. The van der Waals surface area contributed by atoms with Gasteiger partial charge < -0.3 is 10.2 Å². The van der Waals surface area contributed by atoms with Crippen LogP contribution in [-0.2, 0) is 10.0 Å². The predicted octanol–water partition coefficient (Wildman–Crippen LogP) is 3.75. The SMILES string of the molecule is O=C(O)c1cc(Cl)c(O)c(S(=O)(=O)Nc2cc(-c3ccncc3)ccc2F)c1. The number of halogens is 2. The molecule has 0 aliphatic carbocycles. The predicted molar refractivity (Wildman–Crippen MR) is 101 cm³/mol. The standard InChI is InChI=1S/C18H12ClFN2O5S/c19-13-7-12(18(24)25)9-16(17(13)23)28(26,27)22-15-8-11(1-2-14(15)20)10-3-5-21-6-4-10/h1-9,22-23H,(H,24,25). The number of sulfonamides is 1. The number of nitrogens with one attached hydrogen (secondary N) is 1. The van der Waals surface area contributed by atoms with Crippen molar-refractivity contribution in [1.82, 2.24) is 4.98 Å². The third-order valence-electron chi connectivity index (χ3n) is 3.79. The Hall–Kier alpha value is -3.17. The number of hydrogen-bond donors (Lipinski definition) is 3. The quantitative estimate of drug-likeness (QED) is 0.576. The highest BCUT2D eigenvalue weighted by Crippen LogP contribution is 2.34. The van der Waals surface area contributed by atoms with E-state index in [1.165, 1.54) is 24.5 Å². The van der Waals surface area contributed by atoms with Crippen LogP contribution < -0.4 is 4.72 Å². The second-order valence-corrected chi connectivity index (χ2v) is 7.70. The van der Waals surface area contributed by atoms with E-state index in [9.17, 15) is 22.7 Å². The van der Waals surface area contributed by atoms with Gasteiger partial charge >= 0.3 is 5.97 Å². The van der Waals surface area contributed by atoms with Crippen molar-refractivity contribution in [3.63, 3.8) is 0 Å². The second kappa shape index (κ2) is 7.45. The largest absolute Gasteiger partial charge is 0.505 e. The molecule has 1 heterocycles. The van der Waals surface area contributed by atoms with E-state index in [-0.39, 0.29) is 5.69 Å². The Morgan fingerprint density at radius 3 is 2.39 bits per heavy atom. The number of aromatic carboxylic acids is 1. The van der Waals surface area contributed by atoms with Crippen LogP contribution in [0.4, 0.5) is 10.1 Å². The van der Waals surface area contributed by atoms with Crippen LogP contribution in [0.1, 0.15) is 10.4 Å². The summed E-state index contributed by atoms with van der Waals surface area (Å²) in [5.41, 5.74) is 0.358. The van der Waals surface area contributed by atoms with Crippen LogP contribution in [0.3, 0.4) is 0 Å². The van der Waals surface area contributed by atoms with Crippen molar-refractivity contribution < 1.29 is 27.8 Å². The molecule has 10 heteroatoms. The van der Waals surface area contributed by atoms with Crippen molar-refractivity contribution in [2.45, 2.75) is 4.90 Å². The first kappa shape index (κ1) is 19.6. The molecule has 0 atom stereocenters. The van der Waals surface area contributed by atoms with E-state index in [2.05, 4.69) is 4.98 Å². The molecule has 3 aromatic rings. The number of carboxylic acids is 1. The van der Waals surface area contributed by atoms with E-state index >= 15 is 0 Å². The fraction of sp³-hybridized carbons (Fsp3) is 0. The van der Waals surface area contributed by atoms with Crippen LogP contribution in [-0.4, -0.2) is 29.6 Å². The lowest BCUT2D eigenvalue weighted by Gasteiger charge is -2.13. The number of phenolic OH excluding ortho intramolecular Hbond substituents is 1. The van der Waals surface area contributed by atoms with Crippen molar-refractivity contribution >= 4 is 33.3 Å². The zero-order valence-electron chi connectivity index (χ0n) is 13.9. The van der Waals surface area contributed by atoms with Crippen molar-refractivity contribution in [2.75, 3.05) is 4.72 Å². The molecule has 0 radical (unpaired) electrons. The number of carboxylic acid groups (broad SMARTS) is 1. The van der Waals surface area contributed by atoms with E-state index in [0.29, 0.717) is 11.1 Å². The molecule has 0 aliphatic heterocycles. The second-order valence-electron chi connectivity index (χ2n) is 5.65. The van der Waals surface area contributed by atoms with Crippen molar-refractivity contribution in [3.8, 4) is 16.9 Å². The summed E-state index contributed by atoms with van der Waals surface area (Å²) in [6.07, 6.45) is 3.06. The number of anilines is 1. The fourth-order valence-corrected chi connectivity index (χ4v) is 3.91. The molecule has 3 rings (SSSR count). The van der Waals surface area contributed by atoms with Gasteiger partial charge in [0.25, 0.3) is 10.0 Å². The summed E-state index contributed by atoms with van der Waals surface area (Å²) in [6.45, 7) is 0. The molecule has 0 unspecified atom stereocenters. The lowest BCUT2D eigenvalue weighted by Crippen LogP contribution is -2.15. The fourth-order valence-electron chi connectivity index (χ4n) is 2.43. The molecule has 0 bridgehead atoms. The summed E-state index contributed by atoms with van der Waals surface area (Å²) in [6, 6.07) is 8.76. The number of pyridine rings is 1. The minimum atomic E-state index is -4.54. The van der Waals surface area contributed by atoms with Gasteiger partial charge in [-0.25, -0.2) is 17.6 Å². The van der Waals surface area contributed by atoms with Gasteiger partial charge in [0.15, 0.2) is 5.75 Å². The summed E-state index contributed by atoms with van der Waals surface area (Å²) >= 11 is 5.72. The first-order valence-corrected chi connectivity index (χ1v) is 9.54. The Morgan fingerprint density at radius 2 is 1.75 bits per heavy atom. The van der Waals surface area contributed by atoms with Crippen molar-refractivity contribution in [2.24, 2.45) is 0 Å². The lowest BCUT2D eigenvalue weighted by molar-refractivity contribution is 0.0696. The van der Waals surface area contributed by atoms with Gasteiger partial charge in [-0.1, -0.05) is 17.7 Å². The number of aromatic nitrogens is 1. The molecule has 2 aromatic carbocycles. The van der Waals surface area contributed by atoms with Gasteiger partial charge in [-0.2, -0.15) is 0 Å². The average Bonchev–Trinajstić information content (AvgIpc) is 2.65. The van der Waals surface area contributed by atoms with Crippen LogP contribution in [0.25, 0.3) is 11.1 Å². The molecule has 0 aliphatic rings. The molecule has 0 saturated heterocycles. The zero-order chi connectivity index (χ0) is 20.5. The van der Waals surface area contributed by atoms with Crippen molar-refractivity contribution in [1.29, 1.82) is 0 Å². The Labute approximate surface area is 164 Å². The molecule has 0 spiro atoms. The number of rotatable bonds is 5. The summed E-state index contributed by atoms with van der Waals surface area (Å²) < 4.78 is 41.5. The van der Waals surface area contributed by atoms with Crippen LogP contribution in [0.2, 0.25) is 5.02 Å². The molecule has 7 nitrogen and oxygen atoms in total. The number of phenols is 1. The maximum Gasteiger partial charge on any atom is 0.335 e. The normalized spacial score (nSPS) is 11.2. The van der Waals surface area contributed by atoms with Gasteiger partial charge in [0.2, 0.25) is 0 Å². The number of aromatic hydroxyl groups is 1. The zero-order valence-corrected chi connectivity index (χ0v) is 15.5. The highest BCUT2D eigenvalue weighted by molar-refractivity contribution is 7.92. The van der Waals surface area contributed by atoms with Crippen LogP contribution in [0, 0.1) is 5.82 Å². The Kier molecular flexibility index (Phi) is 5.21. The number of hydrogen-bond acceptors (Lipinski definition) is 5. The third-order valence-corrected chi connectivity index (χ3v) is 5.46. The van der Waals surface area contributed by atoms with Crippen molar-refractivity contribution in [3.05, 3.63) is 71.3 Å². The molecule has 28 heavy (non-hydrogen) atoms. The van der Waals surface area contributed by atoms with Gasteiger partial charge in [-0.3, -0.25) is 9.71 Å². The number of nitrogens with zero attached hydrogens (tertiary/aromatic N) is 1. The topological polar surface area (TPSA) is 117 Å². The summed E-state index contributed by atoms with van der Waals surface area (Å²) in [5.74, 6) is -3.14. The lowest BCUT2D eigenvalue weighted by atomic mass is 10.1. The number of carbonyl (C=O) groups is 1. The minimum absolute atomic E-state index is 0.384. The van der Waals surface area contributed by atoms with E-state index in [4.69, 9.17) is 16.7 Å². The summed E-state index contributed by atoms with van der Waals surface area (Å²) in [5, 5.41) is 18.6. The maximum absolute atomic E-state index is 14.2. The summed E-state index contributed by atoms with van der Waals surface area (Å²) in [4.78, 5) is 14.2. The Bertz CT molecular complexity index is 1170. The van der Waals surface area contributed by atoms with Gasteiger partial charge in [0, 0.05) is 12.4 Å². The van der Waals surface area contributed by atoms with Gasteiger partial charge in [0.1, 0.15) is 10.7 Å². The van der Waals surface area contributed by atoms with E-state index < -0.39 is 43.0 Å². The van der Waals surface area contributed by atoms with Gasteiger partial charge in [-0.15, -0.1) is 0 Å². The van der Waals surface area contributed by atoms with Crippen LogP contribution in [0.5, 0.6) is 5.75 Å². The first-order valence-electron chi connectivity index (χ1n) is 7.67. The highest BCUT2D eigenvalue weighted by atomic mass is 35.5.